The fraction of sp³-hybridized carbons (Fsp3) is 0.636. The van der Waals surface area contributed by atoms with Gasteiger partial charge in [0, 0.05) is 11.8 Å². The van der Waals surface area contributed by atoms with Gasteiger partial charge in [0.15, 0.2) is 17.6 Å². The zero-order valence-corrected chi connectivity index (χ0v) is 16.2. The lowest BCUT2D eigenvalue weighted by molar-refractivity contribution is -0.169. The molecule has 150 valence electrons. The molecule has 28 heavy (non-hydrogen) atoms. The van der Waals surface area contributed by atoms with Crippen molar-refractivity contribution in [3.8, 4) is 11.5 Å². The summed E-state index contributed by atoms with van der Waals surface area (Å²) in [5, 5.41) is 2.81. The zero-order chi connectivity index (χ0) is 19.3. The van der Waals surface area contributed by atoms with Gasteiger partial charge < -0.3 is 19.5 Å². The van der Waals surface area contributed by atoms with E-state index in [1.165, 1.54) is 6.42 Å². The third-order valence-electron chi connectivity index (χ3n) is 6.97. The van der Waals surface area contributed by atoms with Crippen LogP contribution in [0, 0.1) is 29.6 Å². The molecule has 1 N–H and O–H groups in total. The van der Waals surface area contributed by atoms with E-state index >= 15 is 0 Å². The predicted octanol–water partition coefficient (Wildman–Crippen LogP) is 3.40. The molecule has 0 saturated heterocycles. The van der Waals surface area contributed by atoms with E-state index < -0.39 is 6.10 Å². The Balaban J connectivity index is 1.20. The molecular weight excluding hydrogens is 358 g/mol. The quantitative estimate of drug-likeness (QED) is 0.804. The van der Waals surface area contributed by atoms with Crippen molar-refractivity contribution >= 4 is 17.6 Å². The summed E-state index contributed by atoms with van der Waals surface area (Å²) >= 11 is 0. The number of carbonyl (C=O) groups is 2. The van der Waals surface area contributed by atoms with E-state index in [1.807, 2.05) is 0 Å². The highest BCUT2D eigenvalue weighted by Crippen LogP contribution is 2.56. The van der Waals surface area contributed by atoms with Crippen LogP contribution in [-0.4, -0.2) is 31.2 Å². The van der Waals surface area contributed by atoms with E-state index in [0.29, 0.717) is 42.2 Å². The average molecular weight is 385 g/mol. The molecular formula is C22H27NO5. The fourth-order valence-electron chi connectivity index (χ4n) is 5.98. The number of hydrogen-bond acceptors (Lipinski definition) is 5. The molecule has 4 aliphatic carbocycles. The maximum absolute atomic E-state index is 12.9. The summed E-state index contributed by atoms with van der Waals surface area (Å²) in [7, 11) is 0. The average Bonchev–Trinajstić information content (AvgIpc) is 2.67. The van der Waals surface area contributed by atoms with Crippen LogP contribution in [0.5, 0.6) is 11.5 Å². The Morgan fingerprint density at radius 2 is 1.64 bits per heavy atom. The molecule has 1 heterocycles. The van der Waals surface area contributed by atoms with Crippen molar-refractivity contribution in [2.24, 2.45) is 29.6 Å². The number of esters is 1. The first-order valence-corrected chi connectivity index (χ1v) is 10.5. The Morgan fingerprint density at radius 1 is 1.00 bits per heavy atom. The number of benzene rings is 1. The summed E-state index contributed by atoms with van der Waals surface area (Å²) in [5.41, 5.74) is 0.603. The summed E-state index contributed by atoms with van der Waals surface area (Å²) < 4.78 is 16.6. The van der Waals surface area contributed by atoms with E-state index in [2.05, 4.69) is 5.32 Å². The van der Waals surface area contributed by atoms with E-state index in [1.54, 1.807) is 25.1 Å². The summed E-state index contributed by atoms with van der Waals surface area (Å²) in [4.78, 5) is 25.4. The van der Waals surface area contributed by atoms with E-state index in [9.17, 15) is 9.59 Å². The highest BCUT2D eigenvalue weighted by Gasteiger charge is 2.51. The maximum atomic E-state index is 12.9. The first kappa shape index (κ1) is 17.8. The third kappa shape index (κ3) is 3.23. The second-order valence-electron chi connectivity index (χ2n) is 8.88. The Hall–Kier alpha value is -2.24. The minimum atomic E-state index is -0.821. The fourth-order valence-corrected chi connectivity index (χ4v) is 5.98. The van der Waals surface area contributed by atoms with Crippen molar-refractivity contribution in [2.75, 3.05) is 18.5 Å². The normalized spacial score (nSPS) is 33.2. The number of amides is 1. The Morgan fingerprint density at radius 3 is 2.32 bits per heavy atom. The van der Waals surface area contributed by atoms with Gasteiger partial charge in [0.05, 0.1) is 5.92 Å². The minimum Gasteiger partial charge on any atom is -0.486 e. The van der Waals surface area contributed by atoms with Crippen molar-refractivity contribution in [1.29, 1.82) is 0 Å². The van der Waals surface area contributed by atoms with Gasteiger partial charge in [-0.25, -0.2) is 0 Å². The first-order valence-electron chi connectivity index (χ1n) is 10.5. The maximum Gasteiger partial charge on any atom is 0.310 e. The molecule has 6 heteroatoms. The van der Waals surface area contributed by atoms with E-state index in [0.717, 1.165) is 37.5 Å². The Bertz CT molecular complexity index is 763. The summed E-state index contributed by atoms with van der Waals surface area (Å²) in [6.45, 7) is 2.65. The SMILES string of the molecule is C[C@H](OC(=O)C1C2CC3CC(C2)CC1C3)C(=O)Nc1ccc2c(c1)OCCO2. The molecule has 1 amide bonds. The Labute approximate surface area is 164 Å². The number of hydrogen-bond donors (Lipinski definition) is 1. The van der Waals surface area contributed by atoms with Crippen molar-refractivity contribution in [3.63, 3.8) is 0 Å². The highest BCUT2D eigenvalue weighted by atomic mass is 16.6. The summed E-state index contributed by atoms with van der Waals surface area (Å²) in [6, 6.07) is 5.27. The standard InChI is InChI=1S/C22H27NO5/c1-12(21(24)23-17-2-3-18-19(11-17)27-5-4-26-18)28-22(25)20-15-7-13-6-14(9-15)10-16(20)8-13/h2-3,11-16,20H,4-10H2,1H3,(H,23,24)/t12-,13?,14?,15?,16?,20?/m0/s1. The van der Waals surface area contributed by atoms with Gasteiger partial charge >= 0.3 is 5.97 Å². The number of ether oxygens (including phenoxy) is 3. The van der Waals surface area contributed by atoms with Gasteiger partial charge in [-0.3, -0.25) is 9.59 Å². The summed E-state index contributed by atoms with van der Waals surface area (Å²) in [5.74, 6) is 3.29. The second-order valence-corrected chi connectivity index (χ2v) is 8.88. The molecule has 0 radical (unpaired) electrons. The lowest BCUT2D eigenvalue weighted by atomic mass is 9.52. The zero-order valence-electron chi connectivity index (χ0n) is 16.2. The third-order valence-corrected chi connectivity index (χ3v) is 6.97. The van der Waals surface area contributed by atoms with Crippen LogP contribution in [0.25, 0.3) is 0 Å². The molecule has 4 bridgehead atoms. The van der Waals surface area contributed by atoms with Crippen LogP contribution in [0.4, 0.5) is 5.69 Å². The van der Waals surface area contributed by atoms with Crippen LogP contribution >= 0.6 is 0 Å². The predicted molar refractivity (Wildman–Crippen MR) is 102 cm³/mol. The molecule has 6 nitrogen and oxygen atoms in total. The number of anilines is 1. The largest absolute Gasteiger partial charge is 0.486 e. The van der Waals surface area contributed by atoms with Crippen LogP contribution < -0.4 is 14.8 Å². The molecule has 0 unspecified atom stereocenters. The lowest BCUT2D eigenvalue weighted by Gasteiger charge is -2.53. The number of rotatable bonds is 4. The van der Waals surface area contributed by atoms with Gasteiger partial charge in [-0.15, -0.1) is 0 Å². The van der Waals surface area contributed by atoms with Crippen molar-refractivity contribution in [3.05, 3.63) is 18.2 Å². The van der Waals surface area contributed by atoms with Gasteiger partial charge in [-0.1, -0.05) is 0 Å². The smallest absolute Gasteiger partial charge is 0.310 e. The number of fused-ring (bicyclic) bond motifs is 1. The molecule has 6 rings (SSSR count). The highest BCUT2D eigenvalue weighted by molar-refractivity contribution is 5.95. The van der Waals surface area contributed by atoms with Gasteiger partial charge in [0.1, 0.15) is 13.2 Å². The first-order chi connectivity index (χ1) is 13.6. The van der Waals surface area contributed by atoms with E-state index in [-0.39, 0.29) is 17.8 Å². The van der Waals surface area contributed by atoms with Crippen LogP contribution in [-0.2, 0) is 14.3 Å². The molecule has 4 fully saturated rings. The topological polar surface area (TPSA) is 73.9 Å². The van der Waals surface area contributed by atoms with Crippen molar-refractivity contribution in [1.82, 2.24) is 0 Å². The Kier molecular flexibility index (Phi) is 4.44. The van der Waals surface area contributed by atoms with Crippen molar-refractivity contribution in [2.45, 2.75) is 45.1 Å². The number of nitrogens with one attached hydrogen (secondary N) is 1. The summed E-state index contributed by atoms with van der Waals surface area (Å²) in [6.07, 6.45) is 5.16. The molecule has 0 spiro atoms. The van der Waals surface area contributed by atoms with Crippen LogP contribution in [0.15, 0.2) is 18.2 Å². The molecule has 5 aliphatic rings. The lowest BCUT2D eigenvalue weighted by Crippen LogP contribution is -2.49. The monoisotopic (exact) mass is 385 g/mol. The second kappa shape index (κ2) is 6.98. The van der Waals surface area contributed by atoms with Gasteiger partial charge in [0.2, 0.25) is 0 Å². The van der Waals surface area contributed by atoms with Crippen LogP contribution in [0.1, 0.15) is 39.0 Å². The molecule has 1 atom stereocenters. The molecule has 1 aromatic rings. The van der Waals surface area contributed by atoms with Gasteiger partial charge in [-0.05, 0) is 74.8 Å². The van der Waals surface area contributed by atoms with Gasteiger partial charge in [0.25, 0.3) is 5.91 Å². The van der Waals surface area contributed by atoms with E-state index in [4.69, 9.17) is 14.2 Å². The molecule has 0 aromatic heterocycles. The molecule has 1 aromatic carbocycles. The van der Waals surface area contributed by atoms with Crippen molar-refractivity contribution < 1.29 is 23.8 Å². The number of carbonyl (C=O) groups excluding carboxylic acids is 2. The van der Waals surface area contributed by atoms with Gasteiger partial charge in [-0.2, -0.15) is 0 Å². The molecule has 1 aliphatic heterocycles. The minimum absolute atomic E-state index is 0.0163. The van der Waals surface area contributed by atoms with Crippen LogP contribution in [0.2, 0.25) is 0 Å². The molecule has 4 saturated carbocycles. The van der Waals surface area contributed by atoms with Crippen LogP contribution in [0.3, 0.4) is 0 Å².